The summed E-state index contributed by atoms with van der Waals surface area (Å²) < 4.78 is 3.94. The minimum Gasteiger partial charge on any atom is -0.346 e. The summed E-state index contributed by atoms with van der Waals surface area (Å²) in [6, 6.07) is 14.1. The molecule has 5 nitrogen and oxygen atoms in total. The Morgan fingerprint density at radius 2 is 1.92 bits per heavy atom. The lowest BCUT2D eigenvalue weighted by Gasteiger charge is -2.10. The zero-order valence-electron chi connectivity index (χ0n) is 14.3. The van der Waals surface area contributed by atoms with Crippen LogP contribution in [0.25, 0.3) is 0 Å². The molecule has 124 valence electrons. The molecule has 0 aliphatic heterocycles. The first-order valence-electron chi connectivity index (χ1n) is 8.02. The van der Waals surface area contributed by atoms with Crippen molar-refractivity contribution in [2.45, 2.75) is 26.9 Å². The van der Waals surface area contributed by atoms with Crippen LogP contribution in [0.2, 0.25) is 0 Å². The molecule has 5 heteroatoms. The molecule has 2 heterocycles. The predicted octanol–water partition coefficient (Wildman–Crippen LogP) is 2.82. The van der Waals surface area contributed by atoms with E-state index in [-0.39, 0.29) is 5.91 Å². The van der Waals surface area contributed by atoms with E-state index in [1.54, 1.807) is 10.9 Å². The fourth-order valence-electron chi connectivity index (χ4n) is 2.88. The number of aryl methyl sites for hydroxylation is 2. The van der Waals surface area contributed by atoms with Crippen LogP contribution < -0.4 is 5.32 Å². The minimum absolute atomic E-state index is 0.0522. The Hall–Kier alpha value is -2.82. The van der Waals surface area contributed by atoms with Gasteiger partial charge in [0.25, 0.3) is 5.91 Å². The highest BCUT2D eigenvalue weighted by atomic mass is 16.1. The zero-order chi connectivity index (χ0) is 17.1. The van der Waals surface area contributed by atoms with Crippen molar-refractivity contribution in [3.63, 3.8) is 0 Å². The van der Waals surface area contributed by atoms with Crippen molar-refractivity contribution in [3.8, 4) is 0 Å². The van der Waals surface area contributed by atoms with Crippen LogP contribution in [0.1, 0.15) is 33.0 Å². The summed E-state index contributed by atoms with van der Waals surface area (Å²) in [5, 5.41) is 7.09. The first kappa shape index (κ1) is 16.1. The molecule has 0 unspecified atom stereocenters. The van der Waals surface area contributed by atoms with Crippen LogP contribution in [0.3, 0.4) is 0 Å². The number of rotatable bonds is 5. The number of aromatic nitrogens is 3. The molecule has 0 aliphatic carbocycles. The Bertz CT molecular complexity index is 846. The standard InChI is InChI=1S/C19H22N4O/c1-14-11-18(19(24)20-12-17-9-10-21-22(17)3)15(2)23(14)13-16-7-5-4-6-8-16/h4-11H,12-13H2,1-3H3,(H,20,24). The second-order valence-corrected chi connectivity index (χ2v) is 5.99. The molecule has 0 saturated carbocycles. The molecule has 1 N–H and O–H groups in total. The molecule has 2 aromatic heterocycles. The zero-order valence-corrected chi connectivity index (χ0v) is 14.3. The molecule has 1 aromatic carbocycles. The molecule has 3 rings (SSSR count). The first-order chi connectivity index (χ1) is 11.6. The van der Waals surface area contributed by atoms with Crippen LogP contribution >= 0.6 is 0 Å². The molecule has 0 aliphatic rings. The van der Waals surface area contributed by atoms with Gasteiger partial charge in [0.2, 0.25) is 0 Å². The molecule has 3 aromatic rings. The summed E-state index contributed by atoms with van der Waals surface area (Å²) in [5.41, 5.74) is 4.99. The highest BCUT2D eigenvalue weighted by Crippen LogP contribution is 2.17. The van der Waals surface area contributed by atoms with Crippen molar-refractivity contribution >= 4 is 5.91 Å². The topological polar surface area (TPSA) is 51.9 Å². The Morgan fingerprint density at radius 3 is 2.58 bits per heavy atom. The SMILES string of the molecule is Cc1cc(C(=O)NCc2ccnn2C)c(C)n1Cc1ccccc1. The number of nitrogens with one attached hydrogen (secondary N) is 1. The summed E-state index contributed by atoms with van der Waals surface area (Å²) >= 11 is 0. The van der Waals surface area contributed by atoms with Gasteiger partial charge >= 0.3 is 0 Å². The molecule has 24 heavy (non-hydrogen) atoms. The average Bonchev–Trinajstić information content (AvgIpc) is 3.11. The largest absolute Gasteiger partial charge is 0.346 e. The van der Waals surface area contributed by atoms with Crippen molar-refractivity contribution < 1.29 is 4.79 Å². The van der Waals surface area contributed by atoms with Gasteiger partial charge in [0.1, 0.15) is 0 Å². The van der Waals surface area contributed by atoms with Crippen molar-refractivity contribution in [3.05, 3.63) is 76.9 Å². The number of nitrogens with zero attached hydrogens (tertiary/aromatic N) is 3. The van der Waals surface area contributed by atoms with Crippen LogP contribution in [0.15, 0.2) is 48.7 Å². The van der Waals surface area contributed by atoms with Gasteiger partial charge in [-0.3, -0.25) is 9.48 Å². The molecule has 0 fully saturated rings. The van der Waals surface area contributed by atoms with E-state index in [0.717, 1.165) is 29.2 Å². The van der Waals surface area contributed by atoms with Gasteiger partial charge in [0, 0.05) is 31.2 Å². The quantitative estimate of drug-likeness (QED) is 0.785. The Morgan fingerprint density at radius 1 is 1.17 bits per heavy atom. The van der Waals surface area contributed by atoms with E-state index in [1.165, 1.54) is 5.56 Å². The molecule has 0 radical (unpaired) electrons. The van der Waals surface area contributed by atoms with Crippen LogP contribution in [0.4, 0.5) is 0 Å². The lowest BCUT2D eigenvalue weighted by molar-refractivity contribution is 0.0949. The maximum Gasteiger partial charge on any atom is 0.253 e. The number of carbonyl (C=O) groups is 1. The highest BCUT2D eigenvalue weighted by molar-refractivity contribution is 5.95. The van der Waals surface area contributed by atoms with Gasteiger partial charge in [0.15, 0.2) is 0 Å². The molecule has 1 amide bonds. The first-order valence-corrected chi connectivity index (χ1v) is 8.02. The van der Waals surface area contributed by atoms with E-state index in [0.29, 0.717) is 6.54 Å². The molecule has 0 saturated heterocycles. The smallest absolute Gasteiger partial charge is 0.253 e. The average molecular weight is 322 g/mol. The third-order valence-corrected chi connectivity index (χ3v) is 4.35. The second kappa shape index (κ2) is 6.74. The van der Waals surface area contributed by atoms with Gasteiger partial charge < -0.3 is 9.88 Å². The van der Waals surface area contributed by atoms with Crippen LogP contribution in [0.5, 0.6) is 0 Å². The van der Waals surface area contributed by atoms with E-state index in [1.807, 2.05) is 51.2 Å². The van der Waals surface area contributed by atoms with Gasteiger partial charge in [-0.25, -0.2) is 0 Å². The van der Waals surface area contributed by atoms with Gasteiger partial charge in [-0.1, -0.05) is 30.3 Å². The van der Waals surface area contributed by atoms with E-state index >= 15 is 0 Å². The van der Waals surface area contributed by atoms with Crippen molar-refractivity contribution in [2.75, 3.05) is 0 Å². The molecule has 0 spiro atoms. The fourth-order valence-corrected chi connectivity index (χ4v) is 2.88. The van der Waals surface area contributed by atoms with Gasteiger partial charge in [-0.2, -0.15) is 5.10 Å². The molecular weight excluding hydrogens is 300 g/mol. The predicted molar refractivity (Wildman–Crippen MR) is 93.8 cm³/mol. The number of amides is 1. The summed E-state index contributed by atoms with van der Waals surface area (Å²) in [6.45, 7) is 5.27. The van der Waals surface area contributed by atoms with Gasteiger partial charge in [-0.05, 0) is 31.5 Å². The molecule has 0 atom stereocenters. The second-order valence-electron chi connectivity index (χ2n) is 5.99. The van der Waals surface area contributed by atoms with Crippen LogP contribution in [0, 0.1) is 13.8 Å². The van der Waals surface area contributed by atoms with Crippen molar-refractivity contribution in [1.82, 2.24) is 19.7 Å². The number of hydrogen-bond donors (Lipinski definition) is 1. The Balaban J connectivity index is 1.75. The fraction of sp³-hybridized carbons (Fsp3) is 0.263. The van der Waals surface area contributed by atoms with Gasteiger partial charge in [-0.15, -0.1) is 0 Å². The monoisotopic (exact) mass is 322 g/mol. The lowest BCUT2D eigenvalue weighted by atomic mass is 10.2. The molecule has 0 bridgehead atoms. The summed E-state index contributed by atoms with van der Waals surface area (Å²) in [6.07, 6.45) is 1.73. The third-order valence-electron chi connectivity index (χ3n) is 4.35. The van der Waals surface area contributed by atoms with Crippen LogP contribution in [-0.4, -0.2) is 20.3 Å². The minimum atomic E-state index is -0.0522. The van der Waals surface area contributed by atoms with E-state index in [4.69, 9.17) is 0 Å². The number of hydrogen-bond acceptors (Lipinski definition) is 2. The maximum absolute atomic E-state index is 12.5. The van der Waals surface area contributed by atoms with E-state index in [2.05, 4.69) is 27.1 Å². The maximum atomic E-state index is 12.5. The third kappa shape index (κ3) is 3.25. The number of benzene rings is 1. The summed E-state index contributed by atoms with van der Waals surface area (Å²) in [7, 11) is 1.87. The van der Waals surface area contributed by atoms with E-state index < -0.39 is 0 Å². The normalized spacial score (nSPS) is 10.8. The summed E-state index contributed by atoms with van der Waals surface area (Å²) in [5.74, 6) is -0.0522. The van der Waals surface area contributed by atoms with Crippen molar-refractivity contribution in [2.24, 2.45) is 7.05 Å². The highest BCUT2D eigenvalue weighted by Gasteiger charge is 2.16. The van der Waals surface area contributed by atoms with Crippen LogP contribution in [-0.2, 0) is 20.1 Å². The van der Waals surface area contributed by atoms with Gasteiger partial charge in [0.05, 0.1) is 17.8 Å². The van der Waals surface area contributed by atoms with Crippen molar-refractivity contribution in [1.29, 1.82) is 0 Å². The Labute approximate surface area is 141 Å². The summed E-state index contributed by atoms with van der Waals surface area (Å²) in [4.78, 5) is 12.5. The number of carbonyl (C=O) groups excluding carboxylic acids is 1. The Kier molecular flexibility index (Phi) is 4.51. The molecular formula is C19H22N4O. The van der Waals surface area contributed by atoms with E-state index in [9.17, 15) is 4.79 Å². The lowest BCUT2D eigenvalue weighted by Crippen LogP contribution is -2.24.